The summed E-state index contributed by atoms with van der Waals surface area (Å²) in [5, 5.41) is 11.3. The van der Waals surface area contributed by atoms with Gasteiger partial charge in [0.25, 0.3) is 5.56 Å². The van der Waals surface area contributed by atoms with Gasteiger partial charge in [0.1, 0.15) is 0 Å². The standard InChI is InChI=1S/C19H16N2O3/c1-11-14(13-4-7-20-8-5-13)6-9-21-17(11)15(12-2-3-12)10-16(18(21)22)19(23)24/h4-10,12H,2-3H2,1H3,(H,23,24)/p-1. The number of pyridine rings is 3. The molecular formula is C19H15N2O3-. The van der Waals surface area contributed by atoms with E-state index in [1.54, 1.807) is 18.6 Å². The average Bonchev–Trinajstić information content (AvgIpc) is 3.41. The lowest BCUT2D eigenvalue weighted by Crippen LogP contribution is -2.32. The van der Waals surface area contributed by atoms with E-state index in [1.807, 2.05) is 25.1 Å². The Morgan fingerprint density at radius 2 is 1.96 bits per heavy atom. The van der Waals surface area contributed by atoms with Crippen molar-refractivity contribution >= 4 is 11.5 Å². The number of carbonyl (C=O) groups excluding carboxylic acids is 1. The Hall–Kier alpha value is -2.95. The fourth-order valence-corrected chi connectivity index (χ4v) is 3.29. The first-order valence-electron chi connectivity index (χ1n) is 7.88. The molecule has 0 radical (unpaired) electrons. The molecule has 0 N–H and O–H groups in total. The normalized spacial score (nSPS) is 14.0. The van der Waals surface area contributed by atoms with Gasteiger partial charge in [0.05, 0.1) is 17.0 Å². The van der Waals surface area contributed by atoms with Gasteiger partial charge < -0.3 is 9.90 Å². The van der Waals surface area contributed by atoms with Gasteiger partial charge in [-0.1, -0.05) is 0 Å². The highest BCUT2D eigenvalue weighted by molar-refractivity contribution is 5.87. The lowest BCUT2D eigenvalue weighted by Gasteiger charge is -2.16. The van der Waals surface area contributed by atoms with Crippen LogP contribution < -0.4 is 10.7 Å². The third-order valence-electron chi connectivity index (χ3n) is 4.64. The molecule has 5 heteroatoms. The van der Waals surface area contributed by atoms with Crippen LogP contribution in [0.3, 0.4) is 0 Å². The number of fused-ring (bicyclic) bond motifs is 1. The molecule has 1 fully saturated rings. The Bertz CT molecular complexity index is 1020. The molecule has 1 saturated carbocycles. The van der Waals surface area contributed by atoms with Crippen molar-refractivity contribution < 1.29 is 9.90 Å². The largest absolute Gasteiger partial charge is 0.545 e. The van der Waals surface area contributed by atoms with E-state index in [0.29, 0.717) is 5.92 Å². The topological polar surface area (TPSA) is 74.5 Å². The van der Waals surface area contributed by atoms with Crippen LogP contribution in [0.1, 0.15) is 40.2 Å². The van der Waals surface area contributed by atoms with Crippen LogP contribution in [0.5, 0.6) is 0 Å². The summed E-state index contributed by atoms with van der Waals surface area (Å²) in [5.41, 5.74) is 3.91. The maximum absolute atomic E-state index is 12.5. The summed E-state index contributed by atoms with van der Waals surface area (Å²) in [6.45, 7) is 1.97. The highest BCUT2D eigenvalue weighted by atomic mass is 16.4. The van der Waals surface area contributed by atoms with Crippen molar-refractivity contribution in [2.45, 2.75) is 25.7 Å². The van der Waals surface area contributed by atoms with Crippen LogP contribution in [0.25, 0.3) is 16.6 Å². The number of hydrogen-bond donors (Lipinski definition) is 0. The number of aromatic carboxylic acids is 1. The molecule has 0 unspecified atom stereocenters. The Morgan fingerprint density at radius 1 is 1.25 bits per heavy atom. The lowest BCUT2D eigenvalue weighted by molar-refractivity contribution is -0.255. The number of carboxylic acid groups (broad SMARTS) is 1. The Balaban J connectivity index is 2.08. The molecule has 4 rings (SSSR count). The maximum atomic E-state index is 12.5. The second kappa shape index (κ2) is 5.30. The van der Waals surface area contributed by atoms with Gasteiger partial charge in [-0.05, 0) is 72.2 Å². The van der Waals surface area contributed by atoms with Crippen LogP contribution in [0, 0.1) is 6.92 Å². The second-order valence-electron chi connectivity index (χ2n) is 6.19. The number of hydrogen-bond acceptors (Lipinski definition) is 4. The number of carbonyl (C=O) groups is 1. The predicted molar refractivity (Wildman–Crippen MR) is 87.9 cm³/mol. The van der Waals surface area contributed by atoms with E-state index in [0.717, 1.165) is 40.6 Å². The molecule has 5 nitrogen and oxygen atoms in total. The molecule has 1 aliphatic rings. The molecule has 1 aliphatic carbocycles. The molecule has 24 heavy (non-hydrogen) atoms. The summed E-state index contributed by atoms with van der Waals surface area (Å²) in [6, 6.07) is 7.19. The van der Waals surface area contributed by atoms with E-state index in [4.69, 9.17) is 0 Å². The zero-order valence-electron chi connectivity index (χ0n) is 13.2. The van der Waals surface area contributed by atoms with Gasteiger partial charge in [-0.25, -0.2) is 0 Å². The minimum absolute atomic E-state index is 0.273. The van der Waals surface area contributed by atoms with Crippen LogP contribution in [-0.2, 0) is 0 Å². The van der Waals surface area contributed by atoms with Gasteiger partial charge in [0, 0.05) is 18.6 Å². The maximum Gasteiger partial charge on any atom is 0.264 e. The zero-order valence-corrected chi connectivity index (χ0v) is 13.2. The van der Waals surface area contributed by atoms with Crippen LogP contribution >= 0.6 is 0 Å². The molecule has 0 aromatic carbocycles. The van der Waals surface area contributed by atoms with Crippen LogP contribution in [-0.4, -0.2) is 15.4 Å². The number of aryl methyl sites for hydroxylation is 1. The Morgan fingerprint density at radius 3 is 2.58 bits per heavy atom. The van der Waals surface area contributed by atoms with E-state index in [-0.39, 0.29) is 5.56 Å². The fraction of sp³-hybridized carbons (Fsp3) is 0.211. The number of carboxylic acids is 1. The van der Waals surface area contributed by atoms with Gasteiger partial charge >= 0.3 is 0 Å². The summed E-state index contributed by atoms with van der Waals surface area (Å²) in [7, 11) is 0. The van der Waals surface area contributed by atoms with Crippen molar-refractivity contribution in [1.29, 1.82) is 0 Å². The smallest absolute Gasteiger partial charge is 0.264 e. The van der Waals surface area contributed by atoms with E-state index in [1.165, 1.54) is 10.5 Å². The van der Waals surface area contributed by atoms with Crippen molar-refractivity contribution in [3.8, 4) is 11.1 Å². The van der Waals surface area contributed by atoms with E-state index in [2.05, 4.69) is 4.98 Å². The molecule has 3 heterocycles. The first-order valence-corrected chi connectivity index (χ1v) is 7.88. The number of rotatable bonds is 3. The van der Waals surface area contributed by atoms with Crippen molar-refractivity contribution in [1.82, 2.24) is 9.38 Å². The molecule has 0 aliphatic heterocycles. The van der Waals surface area contributed by atoms with Crippen molar-refractivity contribution in [2.24, 2.45) is 0 Å². The monoisotopic (exact) mass is 319 g/mol. The van der Waals surface area contributed by atoms with E-state index >= 15 is 0 Å². The van der Waals surface area contributed by atoms with E-state index < -0.39 is 11.5 Å². The minimum atomic E-state index is -1.42. The van der Waals surface area contributed by atoms with Gasteiger partial charge in [-0.15, -0.1) is 0 Å². The minimum Gasteiger partial charge on any atom is -0.545 e. The van der Waals surface area contributed by atoms with Gasteiger partial charge in [0.2, 0.25) is 0 Å². The molecule has 3 aromatic heterocycles. The Labute approximate surface area is 138 Å². The zero-order chi connectivity index (χ0) is 16.8. The lowest BCUT2D eigenvalue weighted by atomic mass is 9.97. The molecule has 0 bridgehead atoms. The summed E-state index contributed by atoms with van der Waals surface area (Å²) in [4.78, 5) is 27.8. The second-order valence-corrected chi connectivity index (χ2v) is 6.19. The number of aromatic nitrogens is 2. The quantitative estimate of drug-likeness (QED) is 0.739. The van der Waals surface area contributed by atoms with Crippen LogP contribution in [0.2, 0.25) is 0 Å². The molecule has 0 spiro atoms. The predicted octanol–water partition coefficient (Wildman–Crippen LogP) is 1.91. The van der Waals surface area contributed by atoms with Crippen LogP contribution in [0.15, 0.2) is 47.7 Å². The Kier molecular flexibility index (Phi) is 3.23. The SMILES string of the molecule is Cc1c(-c2ccncc2)ccn2c(=O)c(C(=O)[O-])cc(C3CC3)c12. The van der Waals surface area contributed by atoms with Crippen LogP contribution in [0.4, 0.5) is 0 Å². The fourth-order valence-electron chi connectivity index (χ4n) is 3.29. The molecule has 0 atom stereocenters. The molecule has 0 saturated heterocycles. The summed E-state index contributed by atoms with van der Waals surface area (Å²) >= 11 is 0. The molecule has 0 amide bonds. The average molecular weight is 319 g/mol. The first-order chi connectivity index (χ1) is 11.6. The third-order valence-corrected chi connectivity index (χ3v) is 4.64. The number of nitrogens with zero attached hydrogens (tertiary/aromatic N) is 2. The highest BCUT2D eigenvalue weighted by Crippen LogP contribution is 2.43. The van der Waals surface area contributed by atoms with Gasteiger partial charge in [-0.2, -0.15) is 0 Å². The summed E-state index contributed by atoms with van der Waals surface area (Å²) < 4.78 is 1.44. The van der Waals surface area contributed by atoms with Gasteiger partial charge in [0.15, 0.2) is 0 Å². The van der Waals surface area contributed by atoms with E-state index in [9.17, 15) is 14.7 Å². The van der Waals surface area contributed by atoms with Gasteiger partial charge in [-0.3, -0.25) is 14.2 Å². The van der Waals surface area contributed by atoms with Crippen molar-refractivity contribution in [3.05, 3.63) is 69.9 Å². The molecular weight excluding hydrogens is 304 g/mol. The highest BCUT2D eigenvalue weighted by Gasteiger charge is 2.28. The van der Waals surface area contributed by atoms with Crippen molar-refractivity contribution in [2.75, 3.05) is 0 Å². The summed E-state index contributed by atoms with van der Waals surface area (Å²) in [6.07, 6.45) is 7.13. The molecule has 3 aromatic rings. The molecule has 120 valence electrons. The first kappa shape index (κ1) is 14.6. The summed E-state index contributed by atoms with van der Waals surface area (Å²) in [5.74, 6) is -1.11. The van der Waals surface area contributed by atoms with Crippen molar-refractivity contribution in [3.63, 3.8) is 0 Å². The third kappa shape index (κ3) is 2.21.